The number of hydrogen-bond acceptors (Lipinski definition) is 3. The molecule has 1 aliphatic heterocycles. The summed E-state index contributed by atoms with van der Waals surface area (Å²) in [6.07, 6.45) is 0.521. The molecule has 2 amide bonds. The van der Waals surface area contributed by atoms with E-state index in [4.69, 9.17) is 16.3 Å². The van der Waals surface area contributed by atoms with E-state index in [1.54, 1.807) is 31.4 Å². The van der Waals surface area contributed by atoms with Crippen molar-refractivity contribution in [1.82, 2.24) is 5.32 Å². The predicted octanol–water partition coefficient (Wildman–Crippen LogP) is 2.82. The van der Waals surface area contributed by atoms with Gasteiger partial charge in [-0.1, -0.05) is 29.8 Å². The molecule has 1 N–H and O–H groups in total. The van der Waals surface area contributed by atoms with Crippen LogP contribution in [0.5, 0.6) is 5.75 Å². The van der Waals surface area contributed by atoms with E-state index in [0.717, 1.165) is 11.1 Å². The van der Waals surface area contributed by atoms with Gasteiger partial charge < -0.3 is 4.74 Å². The highest BCUT2D eigenvalue weighted by atomic mass is 35.5. The minimum absolute atomic E-state index is 0.342. The van der Waals surface area contributed by atoms with E-state index in [1.165, 1.54) is 0 Å². The van der Waals surface area contributed by atoms with E-state index in [2.05, 4.69) is 5.32 Å². The van der Waals surface area contributed by atoms with Crippen LogP contribution in [0.15, 0.2) is 36.4 Å². The van der Waals surface area contributed by atoms with Crippen LogP contribution < -0.4 is 10.1 Å². The Kier molecular flexibility index (Phi) is 3.39. The van der Waals surface area contributed by atoms with Crippen molar-refractivity contribution in [3.05, 3.63) is 63.7 Å². The average Bonchev–Trinajstić information content (AvgIpc) is 2.75. The second kappa shape index (κ2) is 5.22. The van der Waals surface area contributed by atoms with Gasteiger partial charge in [0.25, 0.3) is 11.8 Å². The van der Waals surface area contributed by atoms with Crippen LogP contribution in [0, 0.1) is 0 Å². The van der Waals surface area contributed by atoms with E-state index >= 15 is 0 Å². The van der Waals surface area contributed by atoms with Gasteiger partial charge in [-0.25, -0.2) is 0 Å². The number of benzene rings is 2. The third-order valence-corrected chi connectivity index (χ3v) is 3.76. The van der Waals surface area contributed by atoms with Crippen molar-refractivity contribution in [2.75, 3.05) is 7.11 Å². The van der Waals surface area contributed by atoms with Gasteiger partial charge in [0.1, 0.15) is 5.75 Å². The number of carbonyl (C=O) groups excluding carboxylic acids is 2. The van der Waals surface area contributed by atoms with Crippen LogP contribution in [0.1, 0.15) is 31.8 Å². The largest absolute Gasteiger partial charge is 0.495 e. The Morgan fingerprint density at radius 1 is 1.14 bits per heavy atom. The van der Waals surface area contributed by atoms with Gasteiger partial charge in [-0.15, -0.1) is 0 Å². The molecular formula is C16H12ClNO3. The molecule has 0 fully saturated rings. The second-order valence-corrected chi connectivity index (χ2v) is 5.18. The Bertz CT molecular complexity index is 755. The summed E-state index contributed by atoms with van der Waals surface area (Å²) in [6.45, 7) is 0. The maximum Gasteiger partial charge on any atom is 0.259 e. The number of imide groups is 1. The number of nitrogens with one attached hydrogen (secondary N) is 1. The van der Waals surface area contributed by atoms with Crippen molar-refractivity contribution in [3.8, 4) is 5.75 Å². The number of carbonyl (C=O) groups is 2. The highest BCUT2D eigenvalue weighted by molar-refractivity contribution is 6.32. The van der Waals surface area contributed by atoms with Gasteiger partial charge >= 0.3 is 0 Å². The lowest BCUT2D eigenvalue weighted by atomic mass is 9.97. The number of ether oxygens (including phenoxy) is 1. The fourth-order valence-electron chi connectivity index (χ4n) is 2.48. The molecule has 0 atom stereocenters. The first-order valence-corrected chi connectivity index (χ1v) is 6.78. The van der Waals surface area contributed by atoms with Gasteiger partial charge in [-0.2, -0.15) is 0 Å². The zero-order valence-electron chi connectivity index (χ0n) is 11.3. The highest BCUT2D eigenvalue weighted by Crippen LogP contribution is 2.28. The van der Waals surface area contributed by atoms with Gasteiger partial charge in [0.2, 0.25) is 0 Å². The zero-order valence-corrected chi connectivity index (χ0v) is 12.0. The first kappa shape index (κ1) is 13.6. The first-order chi connectivity index (χ1) is 10.1. The Morgan fingerprint density at radius 3 is 2.67 bits per heavy atom. The molecular weight excluding hydrogens is 290 g/mol. The average molecular weight is 302 g/mol. The van der Waals surface area contributed by atoms with Crippen molar-refractivity contribution in [2.45, 2.75) is 6.42 Å². The molecule has 1 heterocycles. The van der Waals surface area contributed by atoms with Crippen LogP contribution >= 0.6 is 11.6 Å². The molecule has 5 heteroatoms. The molecule has 21 heavy (non-hydrogen) atoms. The molecule has 0 bridgehead atoms. The predicted molar refractivity (Wildman–Crippen MR) is 79.0 cm³/mol. The fourth-order valence-corrected chi connectivity index (χ4v) is 2.76. The maximum absolute atomic E-state index is 11.9. The summed E-state index contributed by atoms with van der Waals surface area (Å²) in [5.74, 6) is -0.0820. The summed E-state index contributed by atoms with van der Waals surface area (Å²) in [7, 11) is 1.56. The standard InChI is InChI=1S/C16H12ClNO3/c1-21-13-6-5-9(8-12(13)17)7-10-3-2-4-11-14(10)16(20)18-15(11)19/h2-6,8H,7H2,1H3,(H,18,19,20). The third kappa shape index (κ3) is 2.38. The van der Waals surface area contributed by atoms with Crippen LogP contribution in [-0.4, -0.2) is 18.9 Å². The Hall–Kier alpha value is -2.33. The summed E-state index contributed by atoms with van der Waals surface area (Å²) in [5.41, 5.74) is 2.63. The molecule has 2 aromatic rings. The van der Waals surface area contributed by atoms with E-state index in [-0.39, 0.29) is 11.8 Å². The molecule has 0 unspecified atom stereocenters. The lowest BCUT2D eigenvalue weighted by Crippen LogP contribution is -2.20. The second-order valence-electron chi connectivity index (χ2n) is 4.77. The molecule has 0 radical (unpaired) electrons. The number of rotatable bonds is 3. The Labute approximate surface area is 126 Å². The molecule has 4 nitrogen and oxygen atoms in total. The van der Waals surface area contributed by atoms with Crippen molar-refractivity contribution < 1.29 is 14.3 Å². The van der Waals surface area contributed by atoms with Gasteiger partial charge in [-0.05, 0) is 35.7 Å². The van der Waals surface area contributed by atoms with Crippen molar-refractivity contribution >= 4 is 23.4 Å². The maximum atomic E-state index is 11.9. The van der Waals surface area contributed by atoms with Gasteiger partial charge in [0.15, 0.2) is 0 Å². The molecule has 0 spiro atoms. The van der Waals surface area contributed by atoms with Crippen molar-refractivity contribution in [2.24, 2.45) is 0 Å². The van der Waals surface area contributed by atoms with Crippen LogP contribution in [0.2, 0.25) is 5.02 Å². The molecule has 0 aromatic heterocycles. The lowest BCUT2D eigenvalue weighted by Gasteiger charge is -2.08. The molecule has 1 aliphatic rings. The fraction of sp³-hybridized carbons (Fsp3) is 0.125. The smallest absolute Gasteiger partial charge is 0.259 e. The zero-order chi connectivity index (χ0) is 15.0. The number of amides is 2. The van der Waals surface area contributed by atoms with E-state index < -0.39 is 0 Å². The van der Waals surface area contributed by atoms with Crippen LogP contribution in [-0.2, 0) is 6.42 Å². The lowest BCUT2D eigenvalue weighted by molar-refractivity contribution is 0.0879. The summed E-state index contributed by atoms with van der Waals surface area (Å²) in [5, 5.41) is 2.83. The monoisotopic (exact) mass is 301 g/mol. The van der Waals surface area contributed by atoms with E-state index in [9.17, 15) is 9.59 Å². The van der Waals surface area contributed by atoms with Crippen LogP contribution in [0.3, 0.4) is 0 Å². The molecule has 0 saturated carbocycles. The number of fused-ring (bicyclic) bond motifs is 1. The van der Waals surface area contributed by atoms with E-state index in [1.807, 2.05) is 12.1 Å². The summed E-state index contributed by atoms with van der Waals surface area (Å²) < 4.78 is 5.11. The Balaban J connectivity index is 1.98. The summed E-state index contributed by atoms with van der Waals surface area (Å²) in [6, 6.07) is 10.7. The first-order valence-electron chi connectivity index (χ1n) is 6.40. The minimum Gasteiger partial charge on any atom is -0.495 e. The molecule has 0 saturated heterocycles. The highest BCUT2D eigenvalue weighted by Gasteiger charge is 2.28. The van der Waals surface area contributed by atoms with Crippen LogP contribution in [0.25, 0.3) is 0 Å². The molecule has 0 aliphatic carbocycles. The topological polar surface area (TPSA) is 55.4 Å². The van der Waals surface area contributed by atoms with Gasteiger partial charge in [-0.3, -0.25) is 14.9 Å². The van der Waals surface area contributed by atoms with Crippen molar-refractivity contribution in [1.29, 1.82) is 0 Å². The van der Waals surface area contributed by atoms with Gasteiger partial charge in [0, 0.05) is 0 Å². The number of halogens is 1. The minimum atomic E-state index is -0.343. The normalized spacial score (nSPS) is 13.0. The Morgan fingerprint density at radius 2 is 1.95 bits per heavy atom. The summed E-state index contributed by atoms with van der Waals surface area (Å²) in [4.78, 5) is 23.5. The molecule has 2 aromatic carbocycles. The molecule has 106 valence electrons. The summed E-state index contributed by atoms with van der Waals surface area (Å²) >= 11 is 6.11. The van der Waals surface area contributed by atoms with E-state index in [0.29, 0.717) is 28.3 Å². The number of hydrogen-bond donors (Lipinski definition) is 1. The SMILES string of the molecule is COc1ccc(Cc2cccc3c2C(=O)NC3=O)cc1Cl. The third-order valence-electron chi connectivity index (χ3n) is 3.46. The number of methoxy groups -OCH3 is 1. The quantitative estimate of drug-likeness (QED) is 0.887. The van der Waals surface area contributed by atoms with Gasteiger partial charge in [0.05, 0.1) is 23.3 Å². The van der Waals surface area contributed by atoms with Crippen molar-refractivity contribution in [3.63, 3.8) is 0 Å². The van der Waals surface area contributed by atoms with Crippen LogP contribution in [0.4, 0.5) is 0 Å². The molecule has 3 rings (SSSR count).